The highest BCUT2D eigenvalue weighted by atomic mass is 19.1. The number of hydrogen-bond donors (Lipinski definition) is 3. The van der Waals surface area contributed by atoms with E-state index in [0.717, 1.165) is 11.4 Å². The van der Waals surface area contributed by atoms with E-state index in [2.05, 4.69) is 27.2 Å². The van der Waals surface area contributed by atoms with Crippen LogP contribution in [0.5, 0.6) is 0 Å². The molecule has 3 aromatic rings. The first-order valence-electron chi connectivity index (χ1n) is 9.63. The molecule has 0 bridgehead atoms. The van der Waals surface area contributed by atoms with Crippen molar-refractivity contribution in [3.05, 3.63) is 115 Å². The molecule has 0 aromatic heterocycles. The number of amidine groups is 1. The summed E-state index contributed by atoms with van der Waals surface area (Å²) in [5.74, 6) is 0.848. The van der Waals surface area contributed by atoms with E-state index in [1.54, 1.807) is 23.1 Å². The van der Waals surface area contributed by atoms with E-state index in [1.165, 1.54) is 12.3 Å². The molecule has 4 rings (SSSR count). The summed E-state index contributed by atoms with van der Waals surface area (Å²) in [7, 11) is 0. The van der Waals surface area contributed by atoms with E-state index < -0.39 is 5.82 Å². The topological polar surface area (TPSA) is 78.0 Å². The molecular weight excluding hydrogens is 391 g/mol. The zero-order valence-electron chi connectivity index (χ0n) is 16.7. The van der Waals surface area contributed by atoms with Gasteiger partial charge in [0.2, 0.25) is 5.96 Å². The summed E-state index contributed by atoms with van der Waals surface area (Å²) >= 11 is 0. The van der Waals surface area contributed by atoms with Crippen LogP contribution in [0.15, 0.2) is 119 Å². The second kappa shape index (κ2) is 8.96. The molecule has 1 aliphatic heterocycles. The Morgan fingerprint density at radius 1 is 0.968 bits per heavy atom. The Labute approximate surface area is 180 Å². The maximum absolute atomic E-state index is 14.3. The fraction of sp³-hybridized carbons (Fsp3) is 0. The number of aliphatic imine (C=N–C) groups is 2. The third kappa shape index (κ3) is 4.45. The van der Waals surface area contributed by atoms with Crippen molar-refractivity contribution in [1.82, 2.24) is 0 Å². The van der Waals surface area contributed by atoms with Crippen LogP contribution in [0, 0.1) is 5.82 Å². The number of halogens is 1. The van der Waals surface area contributed by atoms with Gasteiger partial charge in [-0.05, 0) is 36.4 Å². The normalized spacial score (nSPS) is 15.8. The summed E-state index contributed by atoms with van der Waals surface area (Å²) in [6.07, 6.45) is 1.36. The molecule has 0 saturated heterocycles. The molecule has 0 atom stereocenters. The van der Waals surface area contributed by atoms with Crippen LogP contribution in [0.2, 0.25) is 0 Å². The van der Waals surface area contributed by atoms with E-state index in [0.29, 0.717) is 29.0 Å². The lowest BCUT2D eigenvalue weighted by molar-refractivity contribution is 0.632. The molecule has 0 spiro atoms. The van der Waals surface area contributed by atoms with E-state index >= 15 is 0 Å². The summed E-state index contributed by atoms with van der Waals surface area (Å²) in [4.78, 5) is 10.9. The van der Waals surface area contributed by atoms with Gasteiger partial charge >= 0.3 is 0 Å². The summed E-state index contributed by atoms with van der Waals surface area (Å²) in [6.45, 7) is 4.01. The highest BCUT2D eigenvalue weighted by molar-refractivity contribution is 6.32. The Hall–Kier alpha value is -4.39. The average Bonchev–Trinajstić information content (AvgIpc) is 3.13. The number of anilines is 3. The van der Waals surface area contributed by atoms with Gasteiger partial charge in [0.15, 0.2) is 5.84 Å². The Balaban J connectivity index is 1.71. The lowest BCUT2D eigenvalue weighted by Crippen LogP contribution is -2.37. The van der Waals surface area contributed by atoms with Gasteiger partial charge < -0.3 is 16.4 Å². The molecule has 1 heterocycles. The quantitative estimate of drug-likeness (QED) is 0.557. The largest absolute Gasteiger partial charge is 0.403 e. The maximum Gasteiger partial charge on any atom is 0.214 e. The highest BCUT2D eigenvalue weighted by Crippen LogP contribution is 2.26. The molecule has 154 valence electrons. The zero-order chi connectivity index (χ0) is 21.6. The number of nitrogens with zero attached hydrogens (tertiary/aromatic N) is 3. The van der Waals surface area contributed by atoms with Gasteiger partial charge in [0.1, 0.15) is 17.3 Å². The fourth-order valence-electron chi connectivity index (χ4n) is 3.08. The molecule has 31 heavy (non-hydrogen) atoms. The standard InChI is InChI=1S/C24H21FN6/c1-17(27-18-10-4-2-5-11-18)28-23-22(16-26)30-24(29-21-15-9-8-14-20(21)25)31(23)19-12-6-3-7-13-19/h2-16,27H,1,26H2,(H,29,30)/b22-16+,28-23+. The number of nitrogens with one attached hydrogen (secondary N) is 2. The van der Waals surface area contributed by atoms with Crippen LogP contribution in [0.3, 0.4) is 0 Å². The van der Waals surface area contributed by atoms with Crippen molar-refractivity contribution >= 4 is 28.9 Å². The first kappa shape index (κ1) is 19.9. The van der Waals surface area contributed by atoms with Crippen molar-refractivity contribution in [3.63, 3.8) is 0 Å². The minimum absolute atomic E-state index is 0.293. The van der Waals surface area contributed by atoms with Crippen LogP contribution >= 0.6 is 0 Å². The minimum Gasteiger partial charge on any atom is -0.403 e. The fourth-order valence-corrected chi connectivity index (χ4v) is 3.08. The predicted octanol–water partition coefficient (Wildman–Crippen LogP) is 4.90. The Kier molecular flexibility index (Phi) is 5.75. The minimum atomic E-state index is -0.392. The van der Waals surface area contributed by atoms with Crippen molar-refractivity contribution < 1.29 is 4.39 Å². The summed E-state index contributed by atoms with van der Waals surface area (Å²) in [6, 6.07) is 25.5. The summed E-state index contributed by atoms with van der Waals surface area (Å²) in [5, 5.41) is 6.20. The number of guanidine groups is 1. The smallest absolute Gasteiger partial charge is 0.214 e. The molecule has 0 unspecified atom stereocenters. The number of nitrogens with two attached hydrogens (primary N) is 1. The van der Waals surface area contributed by atoms with Crippen LogP contribution in [-0.2, 0) is 0 Å². The van der Waals surface area contributed by atoms with Gasteiger partial charge in [-0.25, -0.2) is 14.4 Å². The van der Waals surface area contributed by atoms with Crippen LogP contribution in [0.4, 0.5) is 21.5 Å². The van der Waals surface area contributed by atoms with Gasteiger partial charge in [-0.3, -0.25) is 4.90 Å². The van der Waals surface area contributed by atoms with Crippen molar-refractivity contribution in [2.24, 2.45) is 15.7 Å². The molecule has 4 N–H and O–H groups in total. The van der Waals surface area contributed by atoms with Crippen molar-refractivity contribution in [1.29, 1.82) is 0 Å². The third-order valence-electron chi connectivity index (χ3n) is 4.47. The van der Waals surface area contributed by atoms with Crippen molar-refractivity contribution in [3.8, 4) is 0 Å². The molecule has 7 heteroatoms. The van der Waals surface area contributed by atoms with Gasteiger partial charge in [0.25, 0.3) is 0 Å². The maximum atomic E-state index is 14.3. The van der Waals surface area contributed by atoms with E-state index in [9.17, 15) is 4.39 Å². The number of benzene rings is 3. The molecule has 0 radical (unpaired) electrons. The number of para-hydroxylation sites is 3. The monoisotopic (exact) mass is 412 g/mol. The first-order chi connectivity index (χ1) is 15.2. The van der Waals surface area contributed by atoms with Crippen molar-refractivity contribution in [2.45, 2.75) is 0 Å². The summed E-state index contributed by atoms with van der Waals surface area (Å²) in [5.41, 5.74) is 8.21. The van der Waals surface area contributed by atoms with Crippen molar-refractivity contribution in [2.75, 3.05) is 15.5 Å². The Morgan fingerprint density at radius 3 is 2.29 bits per heavy atom. The molecule has 6 nitrogen and oxygen atoms in total. The SMILES string of the molecule is C=C(/N=C1\C(=C/N)N=C(Nc2ccccc2F)N1c1ccccc1)Nc1ccccc1. The lowest BCUT2D eigenvalue weighted by atomic mass is 10.2. The zero-order valence-corrected chi connectivity index (χ0v) is 16.7. The van der Waals surface area contributed by atoms with Gasteiger partial charge in [0, 0.05) is 11.9 Å². The molecular formula is C24H21FN6. The third-order valence-corrected chi connectivity index (χ3v) is 4.47. The van der Waals surface area contributed by atoms with Gasteiger partial charge in [-0.15, -0.1) is 0 Å². The first-order valence-corrected chi connectivity index (χ1v) is 9.63. The van der Waals surface area contributed by atoms with Crippen LogP contribution in [0.25, 0.3) is 0 Å². The lowest BCUT2D eigenvalue weighted by Gasteiger charge is -2.22. The number of rotatable bonds is 5. The number of hydrogen-bond acceptors (Lipinski definition) is 5. The molecule has 0 fully saturated rings. The van der Waals surface area contributed by atoms with Gasteiger partial charge in [-0.2, -0.15) is 0 Å². The van der Waals surface area contributed by atoms with E-state index in [-0.39, 0.29) is 0 Å². The van der Waals surface area contributed by atoms with Gasteiger partial charge in [0.05, 0.1) is 11.4 Å². The molecule has 0 aliphatic carbocycles. The van der Waals surface area contributed by atoms with Crippen LogP contribution < -0.4 is 21.3 Å². The predicted molar refractivity (Wildman–Crippen MR) is 125 cm³/mol. The van der Waals surface area contributed by atoms with Crippen LogP contribution in [-0.4, -0.2) is 11.8 Å². The highest BCUT2D eigenvalue weighted by Gasteiger charge is 2.30. The molecule has 3 aromatic carbocycles. The molecule has 0 amide bonds. The average molecular weight is 412 g/mol. The van der Waals surface area contributed by atoms with Gasteiger partial charge in [-0.1, -0.05) is 55.1 Å². The molecule has 1 aliphatic rings. The Bertz CT molecular complexity index is 1170. The Morgan fingerprint density at radius 2 is 1.61 bits per heavy atom. The van der Waals surface area contributed by atoms with E-state index in [1.807, 2.05) is 60.7 Å². The van der Waals surface area contributed by atoms with Crippen LogP contribution in [0.1, 0.15) is 0 Å². The van der Waals surface area contributed by atoms with E-state index in [4.69, 9.17) is 5.73 Å². The second-order valence-corrected chi connectivity index (χ2v) is 6.64. The molecule has 0 saturated carbocycles. The summed E-state index contributed by atoms with van der Waals surface area (Å²) < 4.78 is 14.3. The second-order valence-electron chi connectivity index (χ2n) is 6.64.